The Morgan fingerprint density at radius 3 is 2.33 bits per heavy atom. The minimum atomic E-state index is 0.0216. The Kier molecular flexibility index (Phi) is 5.27. The van der Waals surface area contributed by atoms with Crippen molar-refractivity contribution in [1.29, 1.82) is 0 Å². The van der Waals surface area contributed by atoms with Gasteiger partial charge in [-0.25, -0.2) is 4.98 Å². The Morgan fingerprint density at radius 1 is 0.879 bits per heavy atom. The lowest BCUT2D eigenvalue weighted by atomic mass is 9.56. The van der Waals surface area contributed by atoms with Gasteiger partial charge in [-0.2, -0.15) is 0 Å². The highest BCUT2D eigenvalue weighted by atomic mass is 32.2. The summed E-state index contributed by atoms with van der Waals surface area (Å²) in [5.74, 6) is 0.923. The lowest BCUT2D eigenvalue weighted by molar-refractivity contribution is -0.128. The van der Waals surface area contributed by atoms with Gasteiger partial charge in [0, 0.05) is 22.2 Å². The molecule has 3 aliphatic rings. The number of hydrogen-bond donors (Lipinski definition) is 1. The molecule has 3 aliphatic carbocycles. The molecule has 33 heavy (non-hydrogen) atoms. The van der Waals surface area contributed by atoms with Crippen LogP contribution < -0.4 is 0 Å². The van der Waals surface area contributed by atoms with Gasteiger partial charge in [0.2, 0.25) is 0 Å². The Labute approximate surface area is 199 Å². The summed E-state index contributed by atoms with van der Waals surface area (Å²) < 4.78 is 6.59. The van der Waals surface area contributed by atoms with Crippen LogP contribution in [0.5, 0.6) is 0 Å². The average Bonchev–Trinajstić information content (AvgIpc) is 3.27. The molecule has 0 saturated heterocycles. The van der Waals surface area contributed by atoms with E-state index in [-0.39, 0.29) is 5.60 Å². The number of H-pyrrole nitrogens is 1. The molecule has 2 aromatic carbocycles. The van der Waals surface area contributed by atoms with Crippen LogP contribution in [-0.2, 0) is 16.8 Å². The maximum absolute atomic E-state index is 6.59. The second kappa shape index (κ2) is 8.30. The number of ether oxygens (including phenoxy) is 1. The number of fused-ring (bicyclic) bond motifs is 4. The molecule has 168 valence electrons. The van der Waals surface area contributed by atoms with Crippen molar-refractivity contribution in [2.24, 2.45) is 0 Å². The minimum absolute atomic E-state index is 0.0216. The Hall–Kier alpha value is -2.63. The van der Waals surface area contributed by atoms with Gasteiger partial charge in [0.25, 0.3) is 0 Å². The van der Waals surface area contributed by atoms with Crippen molar-refractivity contribution in [3.63, 3.8) is 0 Å². The van der Waals surface area contributed by atoms with E-state index in [1.165, 1.54) is 40.2 Å². The van der Waals surface area contributed by atoms with Crippen molar-refractivity contribution in [3.05, 3.63) is 83.9 Å². The van der Waals surface area contributed by atoms with E-state index in [9.17, 15) is 0 Å². The fourth-order valence-electron chi connectivity index (χ4n) is 5.64. The summed E-state index contributed by atoms with van der Waals surface area (Å²) in [6.07, 6.45) is 10.8. The van der Waals surface area contributed by atoms with E-state index in [2.05, 4.69) is 59.4 Å². The molecule has 0 unspecified atom stereocenters. The number of benzene rings is 2. The predicted molar refractivity (Wildman–Crippen MR) is 133 cm³/mol. The molecule has 4 aromatic rings. The van der Waals surface area contributed by atoms with Gasteiger partial charge in [-0.1, -0.05) is 41.6 Å². The maximum atomic E-state index is 6.59. The zero-order valence-electron chi connectivity index (χ0n) is 19.0. The number of nitrogens with one attached hydrogen (secondary N) is 1. The van der Waals surface area contributed by atoms with E-state index in [1.54, 1.807) is 11.8 Å². The number of rotatable bonds is 6. The molecule has 5 heteroatoms. The van der Waals surface area contributed by atoms with Gasteiger partial charge in [-0.05, 0) is 86.8 Å². The van der Waals surface area contributed by atoms with Crippen molar-refractivity contribution in [2.75, 3.05) is 0 Å². The highest BCUT2D eigenvalue weighted by Crippen LogP contribution is 2.55. The fourth-order valence-corrected chi connectivity index (χ4v) is 6.48. The van der Waals surface area contributed by atoms with Crippen molar-refractivity contribution in [3.8, 4) is 0 Å². The first-order valence-electron chi connectivity index (χ1n) is 11.9. The summed E-state index contributed by atoms with van der Waals surface area (Å²) in [6, 6.07) is 19.7. The van der Waals surface area contributed by atoms with Gasteiger partial charge < -0.3 is 9.72 Å². The average molecular weight is 456 g/mol. The van der Waals surface area contributed by atoms with Crippen molar-refractivity contribution in [1.82, 2.24) is 15.0 Å². The normalized spacial score (nSPS) is 24.4. The van der Waals surface area contributed by atoms with Crippen LogP contribution in [0.25, 0.3) is 11.0 Å². The molecular weight excluding hydrogens is 426 g/mol. The minimum Gasteiger partial charge on any atom is -0.367 e. The van der Waals surface area contributed by atoms with Crippen LogP contribution in [0.3, 0.4) is 0 Å². The third-order valence-electron chi connectivity index (χ3n) is 7.75. The van der Waals surface area contributed by atoms with Gasteiger partial charge in [0.1, 0.15) is 12.4 Å². The third kappa shape index (κ3) is 4.09. The number of aromatic nitrogens is 3. The smallest absolute Gasteiger partial charge is 0.133 e. The van der Waals surface area contributed by atoms with Gasteiger partial charge in [-0.15, -0.1) is 0 Å². The molecule has 2 bridgehead atoms. The lowest BCUT2D eigenvalue weighted by Crippen LogP contribution is -2.49. The summed E-state index contributed by atoms with van der Waals surface area (Å²) in [5, 5.41) is 0. The first-order valence-corrected chi connectivity index (χ1v) is 12.7. The van der Waals surface area contributed by atoms with E-state index in [1.807, 2.05) is 24.5 Å². The van der Waals surface area contributed by atoms with Crippen LogP contribution in [0.1, 0.15) is 55.5 Å². The molecule has 1 N–H and O–H groups in total. The predicted octanol–water partition coefficient (Wildman–Crippen LogP) is 6.98. The van der Waals surface area contributed by atoms with E-state index >= 15 is 0 Å². The fraction of sp³-hybridized carbons (Fsp3) is 0.357. The van der Waals surface area contributed by atoms with E-state index in [0.29, 0.717) is 12.0 Å². The highest BCUT2D eigenvalue weighted by molar-refractivity contribution is 7.99. The molecule has 0 amide bonds. The van der Waals surface area contributed by atoms with Gasteiger partial charge in [0.05, 0.1) is 16.6 Å². The zero-order chi connectivity index (χ0) is 22.3. The highest BCUT2D eigenvalue weighted by Gasteiger charge is 2.50. The first kappa shape index (κ1) is 20.9. The lowest BCUT2D eigenvalue weighted by Gasteiger charge is -2.53. The Bertz CT molecular complexity index is 1240. The Balaban J connectivity index is 1.12. The second-order valence-corrected chi connectivity index (χ2v) is 10.9. The number of nitrogens with zero attached hydrogens (tertiary/aromatic N) is 2. The molecule has 4 nitrogen and oxygen atoms in total. The largest absolute Gasteiger partial charge is 0.367 e. The Morgan fingerprint density at radius 2 is 1.61 bits per heavy atom. The molecule has 0 radical (unpaired) electrons. The summed E-state index contributed by atoms with van der Waals surface area (Å²) in [6.45, 7) is 2.72. The number of pyridine rings is 1. The maximum Gasteiger partial charge on any atom is 0.133 e. The number of aryl methyl sites for hydroxylation is 1. The number of imidazole rings is 1. The van der Waals surface area contributed by atoms with E-state index in [4.69, 9.17) is 9.72 Å². The summed E-state index contributed by atoms with van der Waals surface area (Å²) in [7, 11) is 0. The molecule has 2 aromatic heterocycles. The molecule has 0 spiro atoms. The summed E-state index contributed by atoms with van der Waals surface area (Å²) in [4.78, 5) is 14.8. The van der Waals surface area contributed by atoms with Crippen molar-refractivity contribution in [2.45, 2.75) is 72.9 Å². The summed E-state index contributed by atoms with van der Waals surface area (Å²) in [5.41, 5.74) is 5.31. The standard InChI is InChI=1S/C28H29N3OS/c1-20-2-4-21(5-3-20)27-10-13-28(14-11-27,15-12-27)32-19-26-30-24-7-6-23(18-25(24)31-26)33-22-8-16-29-17-9-22/h2-9,16-18H,10-15,19H2,1H3,(H,30,31). The van der Waals surface area contributed by atoms with Gasteiger partial charge in [-0.3, -0.25) is 4.98 Å². The van der Waals surface area contributed by atoms with Gasteiger partial charge >= 0.3 is 0 Å². The SMILES string of the molecule is Cc1ccc(C23CCC(OCc4nc5cc(Sc6ccncc6)ccc5[nH]4)(CC2)CC3)cc1. The molecular formula is C28H29N3OS. The quantitative estimate of drug-likeness (QED) is 0.341. The first-order chi connectivity index (χ1) is 16.1. The van der Waals surface area contributed by atoms with E-state index in [0.717, 1.165) is 36.1 Å². The molecule has 3 saturated carbocycles. The van der Waals surface area contributed by atoms with Crippen molar-refractivity contribution >= 4 is 22.8 Å². The van der Waals surface area contributed by atoms with Crippen LogP contribution in [0.2, 0.25) is 0 Å². The number of hydrogen-bond acceptors (Lipinski definition) is 4. The summed E-state index contributed by atoms with van der Waals surface area (Å²) >= 11 is 1.73. The van der Waals surface area contributed by atoms with Crippen LogP contribution in [0.15, 0.2) is 76.8 Å². The molecule has 2 heterocycles. The van der Waals surface area contributed by atoms with Crippen LogP contribution in [-0.4, -0.2) is 20.6 Å². The molecule has 0 atom stereocenters. The molecule has 7 rings (SSSR count). The third-order valence-corrected chi connectivity index (χ3v) is 8.74. The second-order valence-electron chi connectivity index (χ2n) is 9.77. The van der Waals surface area contributed by atoms with Crippen LogP contribution in [0, 0.1) is 6.92 Å². The molecule has 0 aliphatic heterocycles. The van der Waals surface area contributed by atoms with E-state index < -0.39 is 0 Å². The molecule has 3 fully saturated rings. The van der Waals surface area contributed by atoms with Crippen LogP contribution in [0.4, 0.5) is 0 Å². The number of aromatic amines is 1. The van der Waals surface area contributed by atoms with Crippen molar-refractivity contribution < 1.29 is 4.74 Å². The zero-order valence-corrected chi connectivity index (χ0v) is 19.8. The topological polar surface area (TPSA) is 50.8 Å². The van der Waals surface area contributed by atoms with Crippen LogP contribution >= 0.6 is 11.8 Å². The monoisotopic (exact) mass is 455 g/mol. The van der Waals surface area contributed by atoms with Gasteiger partial charge in [0.15, 0.2) is 0 Å².